The number of imidazole rings is 1. The molecule has 2 N–H and O–H groups in total. The van der Waals surface area contributed by atoms with Crippen molar-refractivity contribution in [1.82, 2.24) is 19.8 Å². The van der Waals surface area contributed by atoms with Crippen LogP contribution in [0.25, 0.3) is 11.0 Å². The van der Waals surface area contributed by atoms with Crippen LogP contribution in [0.2, 0.25) is 0 Å². The number of piperidine rings is 1. The lowest BCUT2D eigenvalue weighted by atomic mass is 9.91. The fourth-order valence-corrected chi connectivity index (χ4v) is 7.76. The molecule has 248 valence electrons. The van der Waals surface area contributed by atoms with E-state index in [0.29, 0.717) is 46.6 Å². The molecule has 2 aliphatic heterocycles. The fourth-order valence-electron chi connectivity index (χ4n) is 6.47. The fraction of sp³-hybridized carbons (Fsp3) is 0.429. The van der Waals surface area contributed by atoms with E-state index in [9.17, 15) is 13.2 Å². The number of likely N-dealkylation sites (tertiary alicyclic amines) is 1. The summed E-state index contributed by atoms with van der Waals surface area (Å²) in [6.07, 6.45) is 6.00. The van der Waals surface area contributed by atoms with Crippen LogP contribution < -0.4 is 15.4 Å². The highest BCUT2D eigenvalue weighted by Gasteiger charge is 2.32. The van der Waals surface area contributed by atoms with E-state index in [2.05, 4.69) is 55.7 Å². The van der Waals surface area contributed by atoms with Crippen molar-refractivity contribution in [2.75, 3.05) is 51.5 Å². The lowest BCUT2D eigenvalue weighted by Gasteiger charge is -2.42. The van der Waals surface area contributed by atoms with Crippen LogP contribution in [0.1, 0.15) is 47.7 Å². The predicted molar refractivity (Wildman–Crippen MR) is 185 cm³/mol. The molecule has 10 nitrogen and oxygen atoms in total. The lowest BCUT2D eigenvalue weighted by Crippen LogP contribution is -2.53. The first-order valence-corrected chi connectivity index (χ1v) is 18.8. The van der Waals surface area contributed by atoms with Gasteiger partial charge in [0.1, 0.15) is 11.3 Å². The van der Waals surface area contributed by atoms with Crippen molar-refractivity contribution in [3.8, 4) is 17.6 Å². The van der Waals surface area contributed by atoms with Crippen molar-refractivity contribution in [3.05, 3.63) is 70.2 Å². The first kappa shape index (κ1) is 33.0. The van der Waals surface area contributed by atoms with Gasteiger partial charge >= 0.3 is 0 Å². The van der Waals surface area contributed by atoms with Crippen molar-refractivity contribution in [3.63, 3.8) is 0 Å². The van der Waals surface area contributed by atoms with Gasteiger partial charge in [-0.1, -0.05) is 18.8 Å². The number of hydrogen-bond acceptors (Lipinski definition) is 9. The van der Waals surface area contributed by atoms with Gasteiger partial charge in [0.15, 0.2) is 9.84 Å². The molecule has 0 bridgehead atoms. The minimum absolute atomic E-state index is 0.0736. The van der Waals surface area contributed by atoms with Crippen LogP contribution in [-0.4, -0.2) is 87.1 Å². The molecule has 2 aliphatic rings. The Bertz CT molecular complexity index is 1890. The Labute approximate surface area is 280 Å². The van der Waals surface area contributed by atoms with E-state index in [1.807, 2.05) is 12.1 Å². The third-order valence-corrected chi connectivity index (χ3v) is 10.9. The number of fused-ring (bicyclic) bond motifs is 1. The Morgan fingerprint density at radius 3 is 2.72 bits per heavy atom. The molecule has 2 fully saturated rings. The minimum atomic E-state index is -3.36. The molecule has 6 rings (SSSR count). The number of ether oxygens (including phenoxy) is 2. The average Bonchev–Trinajstić information content (AvgIpc) is 3.74. The second-order valence-electron chi connectivity index (χ2n) is 12.4. The standard InChI is InChI=1S/C35H41N5O5S2/c1-24-20-39(27-9-14-45-15-10-27)13-8-30(24)38-35(41)29-17-25(18-32-34(29)37-23-40(32)21-26-11-16-46-22-26)5-4-12-36-31-7-6-28(47(3,42)43)19-33(31)44-2/h6-7,11,16-19,22-24,27,30,36H,8-10,12-15,20-21H2,1-3H3,(H,38,41)/t24-,30-/m0/s1. The van der Waals surface area contributed by atoms with Crippen molar-refractivity contribution in [2.24, 2.45) is 5.92 Å². The third kappa shape index (κ3) is 7.81. The molecule has 0 radical (unpaired) electrons. The van der Waals surface area contributed by atoms with Gasteiger partial charge in [0.2, 0.25) is 0 Å². The zero-order valence-electron chi connectivity index (χ0n) is 27.0. The second kappa shape index (κ2) is 14.5. The molecule has 2 saturated heterocycles. The molecule has 2 aromatic heterocycles. The summed E-state index contributed by atoms with van der Waals surface area (Å²) in [6, 6.07) is 11.2. The number of anilines is 1. The normalized spacial score (nSPS) is 19.2. The molecule has 2 aromatic carbocycles. The van der Waals surface area contributed by atoms with Crippen molar-refractivity contribution >= 4 is 43.8 Å². The van der Waals surface area contributed by atoms with Gasteiger partial charge in [-0.15, -0.1) is 0 Å². The molecule has 12 heteroatoms. The third-order valence-electron chi connectivity index (χ3n) is 9.06. The zero-order valence-corrected chi connectivity index (χ0v) is 28.6. The van der Waals surface area contributed by atoms with E-state index in [-0.39, 0.29) is 23.4 Å². The summed E-state index contributed by atoms with van der Waals surface area (Å²) in [5.41, 5.74) is 4.53. The zero-order chi connectivity index (χ0) is 33.0. The average molecular weight is 676 g/mol. The van der Waals surface area contributed by atoms with Crippen LogP contribution in [0, 0.1) is 17.8 Å². The molecule has 0 unspecified atom stereocenters. The molecule has 2 atom stereocenters. The highest BCUT2D eigenvalue weighted by atomic mass is 32.2. The van der Waals surface area contributed by atoms with Gasteiger partial charge in [-0.2, -0.15) is 11.3 Å². The summed E-state index contributed by atoms with van der Waals surface area (Å²) in [6.45, 7) is 6.72. The number of nitrogens with zero attached hydrogens (tertiary/aromatic N) is 3. The van der Waals surface area contributed by atoms with E-state index in [1.165, 1.54) is 24.8 Å². The highest BCUT2D eigenvalue weighted by Crippen LogP contribution is 2.28. The van der Waals surface area contributed by atoms with E-state index in [1.54, 1.807) is 23.7 Å². The van der Waals surface area contributed by atoms with Gasteiger partial charge in [-0.25, -0.2) is 13.4 Å². The van der Waals surface area contributed by atoms with Crippen LogP contribution >= 0.6 is 11.3 Å². The van der Waals surface area contributed by atoms with E-state index < -0.39 is 9.84 Å². The van der Waals surface area contributed by atoms with Crippen LogP contribution in [0.5, 0.6) is 5.75 Å². The van der Waals surface area contributed by atoms with Gasteiger partial charge in [0.25, 0.3) is 5.91 Å². The summed E-state index contributed by atoms with van der Waals surface area (Å²) >= 11 is 1.65. The molecule has 4 aromatic rings. The topological polar surface area (TPSA) is 115 Å². The first-order valence-electron chi connectivity index (χ1n) is 15.9. The molecular formula is C35H41N5O5S2. The summed E-state index contributed by atoms with van der Waals surface area (Å²) < 4.78 is 36.9. The maximum atomic E-state index is 13.9. The van der Waals surface area contributed by atoms with Crippen LogP contribution in [0.4, 0.5) is 5.69 Å². The molecule has 1 amide bonds. The summed E-state index contributed by atoms with van der Waals surface area (Å²) in [7, 11) is -1.86. The summed E-state index contributed by atoms with van der Waals surface area (Å²) in [5, 5.41) is 10.7. The van der Waals surface area contributed by atoms with Crippen molar-refractivity contribution in [2.45, 2.75) is 49.7 Å². The number of nitrogens with one attached hydrogen (secondary N) is 2. The number of hydrogen-bond donors (Lipinski definition) is 2. The SMILES string of the molecule is COc1cc(S(C)(=O)=O)ccc1NCC#Cc1cc(C(=O)N[C@H]2CCN(C3CCOCC3)C[C@@H]2C)c2ncn(Cc3ccsc3)c2c1. The Morgan fingerprint density at radius 2 is 2.00 bits per heavy atom. The number of sulfone groups is 1. The van der Waals surface area contributed by atoms with E-state index >= 15 is 0 Å². The summed E-state index contributed by atoms with van der Waals surface area (Å²) in [5.74, 6) is 6.97. The van der Waals surface area contributed by atoms with Gasteiger partial charge in [0, 0.05) is 62.8 Å². The molecule has 0 spiro atoms. The molecule has 0 saturated carbocycles. The largest absolute Gasteiger partial charge is 0.495 e. The number of amides is 1. The van der Waals surface area contributed by atoms with Crippen LogP contribution in [0.15, 0.2) is 58.4 Å². The Kier molecular flexibility index (Phi) is 10.2. The first-order chi connectivity index (χ1) is 22.7. The highest BCUT2D eigenvalue weighted by molar-refractivity contribution is 7.90. The van der Waals surface area contributed by atoms with Gasteiger partial charge in [-0.05, 0) is 71.8 Å². The Balaban J connectivity index is 1.22. The molecule has 0 aliphatic carbocycles. The lowest BCUT2D eigenvalue weighted by molar-refractivity contribution is 0.0136. The van der Waals surface area contributed by atoms with Crippen molar-refractivity contribution in [1.29, 1.82) is 0 Å². The number of carbonyl (C=O) groups excluding carboxylic acids is 1. The predicted octanol–water partition coefficient (Wildman–Crippen LogP) is 4.64. The monoisotopic (exact) mass is 675 g/mol. The second-order valence-corrected chi connectivity index (χ2v) is 15.2. The van der Waals surface area contributed by atoms with Crippen molar-refractivity contribution < 1.29 is 22.7 Å². The quantitative estimate of drug-likeness (QED) is 0.247. The van der Waals surface area contributed by atoms with Gasteiger partial charge < -0.3 is 24.7 Å². The maximum absolute atomic E-state index is 13.9. The van der Waals surface area contributed by atoms with E-state index in [4.69, 9.17) is 14.5 Å². The van der Waals surface area contributed by atoms with Crippen LogP contribution in [0.3, 0.4) is 0 Å². The number of benzene rings is 2. The number of aromatic nitrogens is 2. The molecular weight excluding hydrogens is 635 g/mol. The maximum Gasteiger partial charge on any atom is 0.253 e. The minimum Gasteiger partial charge on any atom is -0.495 e. The number of carbonyl (C=O) groups is 1. The Hall–Kier alpha value is -3.89. The smallest absolute Gasteiger partial charge is 0.253 e. The van der Waals surface area contributed by atoms with Crippen LogP contribution in [-0.2, 0) is 21.1 Å². The molecule has 4 heterocycles. The number of thiophene rings is 1. The van der Waals surface area contributed by atoms with Gasteiger partial charge in [0.05, 0.1) is 41.6 Å². The summed E-state index contributed by atoms with van der Waals surface area (Å²) in [4.78, 5) is 21.4. The van der Waals surface area contributed by atoms with E-state index in [0.717, 1.165) is 57.3 Å². The number of rotatable bonds is 9. The number of methoxy groups -OCH3 is 1. The van der Waals surface area contributed by atoms with Gasteiger partial charge in [-0.3, -0.25) is 9.69 Å². The molecule has 47 heavy (non-hydrogen) atoms. The Morgan fingerprint density at radius 1 is 1.17 bits per heavy atom.